The molecule has 2 N–H and O–H groups in total. The van der Waals surface area contributed by atoms with Crippen molar-refractivity contribution in [1.29, 1.82) is 0 Å². The molecule has 0 aromatic carbocycles. The van der Waals surface area contributed by atoms with Gasteiger partial charge in [0, 0.05) is 18.5 Å². The maximum atomic E-state index is 12.5. The standard InChI is InChI=1S/C16H28N4O2/c1-10(2)9-14(15(17)21)20-16(22)12(4)11(3)13(18-20)7-8-19(5)6/h10,14H,7-9H2,1-6H3,(H2,17,21)/t14-/m0/s1. The molecular formula is C16H28N4O2. The lowest BCUT2D eigenvalue weighted by atomic mass is 10.0. The first-order valence-corrected chi connectivity index (χ1v) is 7.68. The maximum absolute atomic E-state index is 12.5. The summed E-state index contributed by atoms with van der Waals surface area (Å²) in [4.78, 5) is 26.3. The van der Waals surface area contributed by atoms with E-state index in [1.165, 1.54) is 4.68 Å². The second kappa shape index (κ2) is 7.54. The number of hydrogen-bond donors (Lipinski definition) is 1. The molecule has 0 aliphatic heterocycles. The Morgan fingerprint density at radius 2 is 1.86 bits per heavy atom. The van der Waals surface area contributed by atoms with Crippen molar-refractivity contribution in [1.82, 2.24) is 14.7 Å². The van der Waals surface area contributed by atoms with Crippen LogP contribution in [0.1, 0.15) is 43.1 Å². The Bertz CT molecular complexity index is 591. The molecule has 0 bridgehead atoms. The van der Waals surface area contributed by atoms with Gasteiger partial charge in [-0.05, 0) is 45.8 Å². The van der Waals surface area contributed by atoms with Crippen molar-refractivity contribution in [3.63, 3.8) is 0 Å². The summed E-state index contributed by atoms with van der Waals surface area (Å²) in [7, 11) is 3.98. The Morgan fingerprint density at radius 1 is 1.27 bits per heavy atom. The van der Waals surface area contributed by atoms with Gasteiger partial charge < -0.3 is 10.6 Å². The monoisotopic (exact) mass is 308 g/mol. The van der Waals surface area contributed by atoms with Gasteiger partial charge in [0.15, 0.2) is 0 Å². The zero-order chi connectivity index (χ0) is 17.0. The van der Waals surface area contributed by atoms with E-state index < -0.39 is 11.9 Å². The van der Waals surface area contributed by atoms with Crippen molar-refractivity contribution >= 4 is 5.91 Å². The molecule has 1 aromatic rings. The zero-order valence-electron chi connectivity index (χ0n) is 14.5. The van der Waals surface area contributed by atoms with E-state index in [0.717, 1.165) is 24.2 Å². The summed E-state index contributed by atoms with van der Waals surface area (Å²) in [5.74, 6) is -0.261. The fourth-order valence-corrected chi connectivity index (χ4v) is 2.36. The van der Waals surface area contributed by atoms with Gasteiger partial charge in [0.2, 0.25) is 5.91 Å². The van der Waals surface area contributed by atoms with Crippen molar-refractivity contribution in [2.24, 2.45) is 11.7 Å². The van der Waals surface area contributed by atoms with Gasteiger partial charge in [0.05, 0.1) is 5.69 Å². The molecule has 6 nitrogen and oxygen atoms in total. The SMILES string of the molecule is Cc1c(CCN(C)C)nn([C@@H](CC(C)C)C(N)=O)c(=O)c1C. The molecule has 124 valence electrons. The Morgan fingerprint density at radius 3 is 2.32 bits per heavy atom. The molecule has 6 heteroatoms. The molecule has 0 spiro atoms. The van der Waals surface area contributed by atoms with Crippen molar-refractivity contribution in [3.05, 3.63) is 27.2 Å². The Balaban J connectivity index is 3.33. The first-order chi connectivity index (χ1) is 10.1. The quantitative estimate of drug-likeness (QED) is 0.816. The summed E-state index contributed by atoms with van der Waals surface area (Å²) in [6.07, 6.45) is 1.24. The van der Waals surface area contributed by atoms with Crippen LogP contribution < -0.4 is 11.3 Å². The van der Waals surface area contributed by atoms with Gasteiger partial charge in [-0.25, -0.2) is 4.68 Å². The smallest absolute Gasteiger partial charge is 0.270 e. The fourth-order valence-electron chi connectivity index (χ4n) is 2.36. The Labute approximate surface area is 132 Å². The van der Waals surface area contributed by atoms with Gasteiger partial charge in [-0.2, -0.15) is 5.10 Å². The highest BCUT2D eigenvalue weighted by Gasteiger charge is 2.23. The predicted octanol–water partition coefficient (Wildman–Crippen LogP) is 1.04. The second-order valence-electron chi connectivity index (χ2n) is 6.55. The number of hydrogen-bond acceptors (Lipinski definition) is 4. The molecule has 1 aromatic heterocycles. The Kier molecular flexibility index (Phi) is 6.29. The van der Waals surface area contributed by atoms with Gasteiger partial charge in [0.25, 0.3) is 5.56 Å². The van der Waals surface area contributed by atoms with Crippen LogP contribution in [0.15, 0.2) is 4.79 Å². The van der Waals surface area contributed by atoms with Crippen LogP contribution in [0, 0.1) is 19.8 Å². The van der Waals surface area contributed by atoms with Crippen molar-refractivity contribution < 1.29 is 4.79 Å². The minimum absolute atomic E-state index is 0.226. The van der Waals surface area contributed by atoms with Crippen LogP contribution in [0.5, 0.6) is 0 Å². The fraction of sp³-hybridized carbons (Fsp3) is 0.688. The number of carbonyl (C=O) groups excluding carboxylic acids is 1. The van der Waals surface area contributed by atoms with E-state index in [0.29, 0.717) is 12.0 Å². The topological polar surface area (TPSA) is 81.2 Å². The largest absolute Gasteiger partial charge is 0.368 e. The number of carbonyl (C=O) groups is 1. The van der Waals surface area contributed by atoms with Crippen LogP contribution in [0.2, 0.25) is 0 Å². The minimum atomic E-state index is -0.690. The highest BCUT2D eigenvalue weighted by molar-refractivity contribution is 5.78. The molecule has 1 atom stereocenters. The van der Waals surface area contributed by atoms with E-state index in [1.54, 1.807) is 6.92 Å². The summed E-state index contributed by atoms with van der Waals surface area (Å²) in [5, 5.41) is 4.46. The number of primary amides is 1. The molecule has 0 saturated carbocycles. The molecular weight excluding hydrogens is 280 g/mol. The minimum Gasteiger partial charge on any atom is -0.368 e. The third-order valence-corrected chi connectivity index (χ3v) is 3.87. The second-order valence-corrected chi connectivity index (χ2v) is 6.55. The number of amides is 1. The molecule has 1 rings (SSSR count). The van der Waals surface area contributed by atoms with Crippen LogP contribution in [-0.4, -0.2) is 41.2 Å². The lowest BCUT2D eigenvalue weighted by Crippen LogP contribution is -2.38. The normalized spacial score (nSPS) is 12.9. The first kappa shape index (κ1) is 18.4. The van der Waals surface area contributed by atoms with Gasteiger partial charge >= 0.3 is 0 Å². The maximum Gasteiger partial charge on any atom is 0.270 e. The number of rotatable bonds is 7. The highest BCUT2D eigenvalue weighted by atomic mass is 16.2. The molecule has 0 aliphatic rings. The molecule has 0 unspecified atom stereocenters. The van der Waals surface area contributed by atoms with Crippen LogP contribution in [-0.2, 0) is 11.2 Å². The van der Waals surface area contributed by atoms with Crippen LogP contribution in [0.4, 0.5) is 0 Å². The van der Waals surface area contributed by atoms with Crippen LogP contribution in [0.3, 0.4) is 0 Å². The third-order valence-electron chi connectivity index (χ3n) is 3.87. The summed E-state index contributed by atoms with van der Waals surface area (Å²) in [6.45, 7) is 8.50. The number of aromatic nitrogens is 2. The van der Waals surface area contributed by atoms with E-state index in [-0.39, 0.29) is 11.5 Å². The molecule has 0 saturated heterocycles. The van der Waals surface area contributed by atoms with Crippen LogP contribution >= 0.6 is 0 Å². The molecule has 0 aliphatic carbocycles. The molecule has 0 radical (unpaired) electrons. The summed E-state index contributed by atoms with van der Waals surface area (Å²) < 4.78 is 1.29. The Hall–Kier alpha value is -1.69. The molecule has 1 amide bonds. The lowest BCUT2D eigenvalue weighted by Gasteiger charge is -2.20. The predicted molar refractivity (Wildman–Crippen MR) is 87.9 cm³/mol. The van der Waals surface area contributed by atoms with E-state index in [9.17, 15) is 9.59 Å². The highest BCUT2D eigenvalue weighted by Crippen LogP contribution is 2.17. The molecule has 1 heterocycles. The van der Waals surface area contributed by atoms with E-state index in [1.807, 2.05) is 34.9 Å². The summed E-state index contributed by atoms with van der Waals surface area (Å²) in [6, 6.07) is -0.690. The van der Waals surface area contributed by atoms with Gasteiger partial charge in [0.1, 0.15) is 6.04 Å². The van der Waals surface area contributed by atoms with Gasteiger partial charge in [-0.1, -0.05) is 13.8 Å². The number of likely N-dealkylation sites (N-methyl/N-ethyl adjacent to an activating group) is 1. The van der Waals surface area contributed by atoms with Crippen molar-refractivity contribution in [2.75, 3.05) is 20.6 Å². The van der Waals surface area contributed by atoms with E-state index in [4.69, 9.17) is 5.73 Å². The number of nitrogens with zero attached hydrogens (tertiary/aromatic N) is 3. The average Bonchev–Trinajstić information content (AvgIpc) is 2.41. The number of nitrogens with two attached hydrogens (primary N) is 1. The first-order valence-electron chi connectivity index (χ1n) is 7.68. The zero-order valence-corrected chi connectivity index (χ0v) is 14.5. The molecule has 0 fully saturated rings. The van der Waals surface area contributed by atoms with E-state index >= 15 is 0 Å². The van der Waals surface area contributed by atoms with Crippen molar-refractivity contribution in [3.8, 4) is 0 Å². The molecule has 22 heavy (non-hydrogen) atoms. The van der Waals surface area contributed by atoms with Gasteiger partial charge in [-0.15, -0.1) is 0 Å². The van der Waals surface area contributed by atoms with Crippen LogP contribution in [0.25, 0.3) is 0 Å². The van der Waals surface area contributed by atoms with E-state index in [2.05, 4.69) is 10.00 Å². The van der Waals surface area contributed by atoms with Crippen molar-refractivity contribution in [2.45, 2.75) is 46.6 Å². The summed E-state index contributed by atoms with van der Waals surface area (Å²) in [5.41, 5.74) is 7.66. The lowest BCUT2D eigenvalue weighted by molar-refractivity contribution is -0.122. The third kappa shape index (κ3) is 4.40. The van der Waals surface area contributed by atoms with Gasteiger partial charge in [-0.3, -0.25) is 9.59 Å². The summed E-state index contributed by atoms with van der Waals surface area (Å²) >= 11 is 0. The average molecular weight is 308 g/mol.